The maximum Gasteiger partial charge on any atom is 0.276 e. The molecule has 0 spiro atoms. The maximum atomic E-state index is 13.9. The van der Waals surface area contributed by atoms with Gasteiger partial charge in [-0.3, -0.25) is 0 Å². The molecule has 1 fully saturated rings. The Bertz CT molecular complexity index is 405. The van der Waals surface area contributed by atoms with Crippen molar-refractivity contribution >= 4 is 0 Å². The summed E-state index contributed by atoms with van der Waals surface area (Å²) in [6.07, 6.45) is 2.11. The van der Waals surface area contributed by atoms with Gasteiger partial charge in [-0.2, -0.15) is 0 Å². The van der Waals surface area contributed by atoms with Gasteiger partial charge < -0.3 is 5.73 Å². The monoisotopic (exact) mass is 253 g/mol. The summed E-state index contributed by atoms with van der Waals surface area (Å²) in [5.41, 5.74) is 6.92. The van der Waals surface area contributed by atoms with Crippen molar-refractivity contribution in [2.75, 3.05) is 6.54 Å². The highest BCUT2D eigenvalue weighted by atomic mass is 19.3. The van der Waals surface area contributed by atoms with E-state index in [-0.39, 0.29) is 11.0 Å². The lowest BCUT2D eigenvalue weighted by atomic mass is 9.85. The molecule has 0 aromatic heterocycles. The fourth-order valence-corrected chi connectivity index (χ4v) is 2.15. The van der Waals surface area contributed by atoms with E-state index >= 15 is 0 Å². The van der Waals surface area contributed by atoms with E-state index in [4.69, 9.17) is 5.73 Å². The SMILES string of the molecule is CC(C)(CN)Cc1ccc(C(F)(F)C2CC2)cc1. The van der Waals surface area contributed by atoms with Crippen LogP contribution in [0.15, 0.2) is 24.3 Å². The lowest BCUT2D eigenvalue weighted by molar-refractivity contribution is -0.0285. The van der Waals surface area contributed by atoms with Gasteiger partial charge in [0.05, 0.1) is 0 Å². The molecular weight excluding hydrogens is 232 g/mol. The van der Waals surface area contributed by atoms with Crippen LogP contribution in [0.4, 0.5) is 8.78 Å². The zero-order valence-corrected chi connectivity index (χ0v) is 11.0. The number of hydrogen-bond acceptors (Lipinski definition) is 1. The van der Waals surface area contributed by atoms with Gasteiger partial charge in [-0.1, -0.05) is 38.1 Å². The van der Waals surface area contributed by atoms with E-state index in [1.54, 1.807) is 12.1 Å². The quantitative estimate of drug-likeness (QED) is 0.850. The van der Waals surface area contributed by atoms with Crippen LogP contribution in [0.3, 0.4) is 0 Å². The predicted octanol–water partition coefficient (Wildman–Crippen LogP) is 3.72. The third-order valence-electron chi connectivity index (χ3n) is 3.66. The topological polar surface area (TPSA) is 26.0 Å². The molecule has 0 unspecified atom stereocenters. The molecule has 0 radical (unpaired) electrons. The Morgan fingerprint density at radius 1 is 1.17 bits per heavy atom. The fraction of sp³-hybridized carbons (Fsp3) is 0.600. The summed E-state index contributed by atoms with van der Waals surface area (Å²) < 4.78 is 27.7. The van der Waals surface area contributed by atoms with Gasteiger partial charge in [-0.05, 0) is 36.8 Å². The van der Waals surface area contributed by atoms with E-state index in [0.29, 0.717) is 19.4 Å². The molecule has 3 heteroatoms. The minimum absolute atomic E-state index is 0.0144. The van der Waals surface area contributed by atoms with Crippen LogP contribution in [-0.4, -0.2) is 6.54 Å². The van der Waals surface area contributed by atoms with E-state index in [2.05, 4.69) is 13.8 Å². The van der Waals surface area contributed by atoms with Gasteiger partial charge in [-0.15, -0.1) is 0 Å². The van der Waals surface area contributed by atoms with Crippen LogP contribution in [0, 0.1) is 11.3 Å². The van der Waals surface area contributed by atoms with Crippen molar-refractivity contribution in [3.63, 3.8) is 0 Å². The van der Waals surface area contributed by atoms with Gasteiger partial charge in [-0.25, -0.2) is 8.78 Å². The minimum Gasteiger partial charge on any atom is -0.330 e. The molecule has 1 aliphatic rings. The van der Waals surface area contributed by atoms with E-state index in [1.165, 1.54) is 0 Å². The highest BCUT2D eigenvalue weighted by molar-refractivity contribution is 5.28. The van der Waals surface area contributed by atoms with Crippen LogP contribution in [-0.2, 0) is 12.3 Å². The largest absolute Gasteiger partial charge is 0.330 e. The molecule has 1 aromatic carbocycles. The first-order valence-electron chi connectivity index (χ1n) is 6.52. The van der Waals surface area contributed by atoms with Crippen LogP contribution < -0.4 is 5.73 Å². The number of halogens is 2. The molecule has 2 N–H and O–H groups in total. The van der Waals surface area contributed by atoms with Gasteiger partial charge in [0.2, 0.25) is 0 Å². The number of nitrogens with two attached hydrogens (primary N) is 1. The smallest absolute Gasteiger partial charge is 0.276 e. The van der Waals surface area contributed by atoms with Crippen LogP contribution >= 0.6 is 0 Å². The molecular formula is C15H21F2N. The second-order valence-electron chi connectivity index (χ2n) is 6.14. The van der Waals surface area contributed by atoms with Gasteiger partial charge in [0, 0.05) is 11.5 Å². The van der Waals surface area contributed by atoms with E-state index in [1.807, 2.05) is 12.1 Å². The first kappa shape index (κ1) is 13.5. The standard InChI is InChI=1S/C15H21F2N/c1-14(2,10-18)9-11-3-5-12(6-4-11)15(16,17)13-7-8-13/h3-6,13H,7-10,18H2,1-2H3. The molecule has 2 rings (SSSR count). The van der Waals surface area contributed by atoms with Crippen LogP contribution in [0.1, 0.15) is 37.8 Å². The zero-order valence-electron chi connectivity index (χ0n) is 11.0. The molecule has 18 heavy (non-hydrogen) atoms. The molecule has 1 saturated carbocycles. The Balaban J connectivity index is 2.10. The summed E-state index contributed by atoms with van der Waals surface area (Å²) in [5.74, 6) is -3.09. The molecule has 1 nitrogen and oxygen atoms in total. The normalized spacial score (nSPS) is 16.9. The van der Waals surface area contributed by atoms with Gasteiger partial charge in [0.1, 0.15) is 0 Å². The zero-order chi connectivity index (χ0) is 13.4. The Morgan fingerprint density at radius 3 is 2.17 bits per heavy atom. The Kier molecular flexibility index (Phi) is 3.45. The third-order valence-corrected chi connectivity index (χ3v) is 3.66. The summed E-state index contributed by atoms with van der Waals surface area (Å²) in [7, 11) is 0. The van der Waals surface area contributed by atoms with Crippen molar-refractivity contribution < 1.29 is 8.78 Å². The first-order chi connectivity index (χ1) is 8.35. The average Bonchev–Trinajstić information content (AvgIpc) is 3.13. The van der Waals surface area contributed by atoms with Crippen molar-refractivity contribution in [2.24, 2.45) is 17.1 Å². The minimum atomic E-state index is -2.65. The predicted molar refractivity (Wildman–Crippen MR) is 69.6 cm³/mol. The highest BCUT2D eigenvalue weighted by Gasteiger charge is 2.47. The number of benzene rings is 1. The summed E-state index contributed by atoms with van der Waals surface area (Å²) in [5, 5.41) is 0. The van der Waals surface area contributed by atoms with Gasteiger partial charge in [0.25, 0.3) is 5.92 Å². The highest BCUT2D eigenvalue weighted by Crippen LogP contribution is 2.49. The number of rotatable bonds is 5. The lowest BCUT2D eigenvalue weighted by Crippen LogP contribution is -2.26. The molecule has 1 aromatic rings. The Hall–Kier alpha value is -0.960. The van der Waals surface area contributed by atoms with Crippen LogP contribution in [0.2, 0.25) is 0 Å². The molecule has 0 heterocycles. The Morgan fingerprint density at radius 2 is 1.72 bits per heavy atom. The van der Waals surface area contributed by atoms with E-state index in [0.717, 1.165) is 12.0 Å². The summed E-state index contributed by atoms with van der Waals surface area (Å²) >= 11 is 0. The molecule has 0 bridgehead atoms. The fourth-order valence-electron chi connectivity index (χ4n) is 2.15. The summed E-state index contributed by atoms with van der Waals surface area (Å²) in [6, 6.07) is 6.76. The molecule has 0 aliphatic heterocycles. The third kappa shape index (κ3) is 2.89. The second kappa shape index (κ2) is 4.61. The number of alkyl halides is 2. The average molecular weight is 253 g/mol. The molecule has 100 valence electrons. The van der Waals surface area contributed by atoms with E-state index < -0.39 is 11.8 Å². The van der Waals surface area contributed by atoms with Crippen LogP contribution in [0.25, 0.3) is 0 Å². The first-order valence-corrected chi connectivity index (χ1v) is 6.52. The van der Waals surface area contributed by atoms with Crippen molar-refractivity contribution in [1.82, 2.24) is 0 Å². The van der Waals surface area contributed by atoms with Crippen molar-refractivity contribution in [2.45, 2.75) is 39.0 Å². The van der Waals surface area contributed by atoms with Crippen molar-refractivity contribution in [1.29, 1.82) is 0 Å². The molecule has 0 saturated heterocycles. The van der Waals surface area contributed by atoms with Gasteiger partial charge >= 0.3 is 0 Å². The van der Waals surface area contributed by atoms with Crippen molar-refractivity contribution in [3.8, 4) is 0 Å². The molecule has 1 aliphatic carbocycles. The van der Waals surface area contributed by atoms with Gasteiger partial charge in [0.15, 0.2) is 0 Å². The van der Waals surface area contributed by atoms with E-state index in [9.17, 15) is 8.78 Å². The van der Waals surface area contributed by atoms with Crippen LogP contribution in [0.5, 0.6) is 0 Å². The Labute approximate surface area is 107 Å². The maximum absolute atomic E-state index is 13.9. The van der Waals surface area contributed by atoms with Crippen molar-refractivity contribution in [3.05, 3.63) is 35.4 Å². The summed E-state index contributed by atoms with van der Waals surface area (Å²) in [4.78, 5) is 0. The molecule has 0 atom stereocenters. The number of hydrogen-bond donors (Lipinski definition) is 1. The summed E-state index contributed by atoms with van der Waals surface area (Å²) in [6.45, 7) is 4.76. The molecule has 0 amide bonds. The second-order valence-corrected chi connectivity index (χ2v) is 6.14. The lowest BCUT2D eigenvalue weighted by Gasteiger charge is -2.23.